The van der Waals surface area contributed by atoms with E-state index in [9.17, 15) is 14.4 Å². The normalized spacial score (nSPS) is 12.0. The van der Waals surface area contributed by atoms with Crippen LogP contribution in [-0.4, -0.2) is 30.6 Å². The van der Waals surface area contributed by atoms with Gasteiger partial charge in [-0.15, -0.1) is 0 Å². The second-order valence-corrected chi connectivity index (χ2v) is 5.11. The van der Waals surface area contributed by atoms with Gasteiger partial charge in [0, 0.05) is 19.1 Å². The third-order valence-electron chi connectivity index (χ3n) is 2.68. The lowest BCUT2D eigenvalue weighted by molar-refractivity contribution is -0.143. The molecule has 1 aromatic rings. The summed E-state index contributed by atoms with van der Waals surface area (Å²) < 4.78 is 9.92. The first-order chi connectivity index (χ1) is 10.9. The van der Waals surface area contributed by atoms with Crippen LogP contribution in [0.25, 0.3) is 0 Å². The van der Waals surface area contributed by atoms with Crippen molar-refractivity contribution >= 4 is 17.8 Å². The minimum absolute atomic E-state index is 0.0357. The Hall–Kier alpha value is -2.63. The fraction of sp³-hybridized carbons (Fsp3) is 0.353. The Morgan fingerprint density at radius 2 is 1.70 bits per heavy atom. The standard InChI is InChI=1S/C17H21NO5/c1-12(2)23-17(21)10-9-16(20)22-11-15(18-13(3)19)14-7-5-4-6-8-14/h4-10,12,15H,11H2,1-3H3,(H,18,19)/b10-9+/t15-/m0/s1. The molecule has 124 valence electrons. The molecule has 0 aliphatic rings. The summed E-state index contributed by atoms with van der Waals surface area (Å²) in [6.45, 7) is 4.77. The van der Waals surface area contributed by atoms with Crippen molar-refractivity contribution in [1.29, 1.82) is 0 Å². The van der Waals surface area contributed by atoms with Gasteiger partial charge in [-0.3, -0.25) is 4.79 Å². The van der Waals surface area contributed by atoms with Crippen LogP contribution in [0.4, 0.5) is 0 Å². The molecule has 1 rings (SSSR count). The molecule has 23 heavy (non-hydrogen) atoms. The van der Waals surface area contributed by atoms with Crippen LogP contribution in [-0.2, 0) is 23.9 Å². The zero-order valence-electron chi connectivity index (χ0n) is 13.4. The number of benzene rings is 1. The maximum absolute atomic E-state index is 11.6. The van der Waals surface area contributed by atoms with Gasteiger partial charge in [-0.1, -0.05) is 30.3 Å². The van der Waals surface area contributed by atoms with Gasteiger partial charge in [-0.05, 0) is 19.4 Å². The number of ether oxygens (including phenoxy) is 2. The summed E-state index contributed by atoms with van der Waals surface area (Å²) in [5.74, 6) is -1.53. The summed E-state index contributed by atoms with van der Waals surface area (Å²) in [4.78, 5) is 34.2. The van der Waals surface area contributed by atoms with Gasteiger partial charge in [-0.2, -0.15) is 0 Å². The Balaban J connectivity index is 2.57. The molecule has 1 amide bonds. The molecule has 0 saturated carbocycles. The van der Waals surface area contributed by atoms with E-state index in [4.69, 9.17) is 9.47 Å². The number of carbonyl (C=O) groups is 3. The number of hydrogen-bond donors (Lipinski definition) is 1. The lowest BCUT2D eigenvalue weighted by atomic mass is 10.1. The van der Waals surface area contributed by atoms with Crippen LogP contribution in [0.1, 0.15) is 32.4 Å². The molecular weight excluding hydrogens is 298 g/mol. The topological polar surface area (TPSA) is 81.7 Å². The molecule has 0 bridgehead atoms. The van der Waals surface area contributed by atoms with Crippen LogP contribution < -0.4 is 5.32 Å². The van der Waals surface area contributed by atoms with Gasteiger partial charge < -0.3 is 14.8 Å². The molecule has 6 nitrogen and oxygen atoms in total. The van der Waals surface area contributed by atoms with E-state index in [1.54, 1.807) is 13.8 Å². The van der Waals surface area contributed by atoms with E-state index in [1.165, 1.54) is 6.92 Å². The number of hydrogen-bond acceptors (Lipinski definition) is 5. The van der Waals surface area contributed by atoms with E-state index in [-0.39, 0.29) is 18.6 Å². The summed E-state index contributed by atoms with van der Waals surface area (Å²) in [6, 6.07) is 8.70. The molecule has 0 spiro atoms. The van der Waals surface area contributed by atoms with Crippen molar-refractivity contribution in [3.05, 3.63) is 48.0 Å². The Morgan fingerprint density at radius 1 is 1.09 bits per heavy atom. The van der Waals surface area contributed by atoms with E-state index >= 15 is 0 Å². The zero-order chi connectivity index (χ0) is 17.2. The van der Waals surface area contributed by atoms with Crippen LogP contribution >= 0.6 is 0 Å². The predicted octanol–water partition coefficient (Wildman–Crippen LogP) is 1.91. The Morgan fingerprint density at radius 3 is 2.26 bits per heavy atom. The number of amides is 1. The van der Waals surface area contributed by atoms with Crippen LogP contribution in [0.3, 0.4) is 0 Å². The molecule has 0 radical (unpaired) electrons. The Labute approximate surface area is 135 Å². The smallest absolute Gasteiger partial charge is 0.331 e. The Kier molecular flexibility index (Phi) is 7.53. The fourth-order valence-corrected chi connectivity index (χ4v) is 1.77. The van der Waals surface area contributed by atoms with Crippen molar-refractivity contribution < 1.29 is 23.9 Å². The lowest BCUT2D eigenvalue weighted by Gasteiger charge is -2.17. The zero-order valence-corrected chi connectivity index (χ0v) is 13.4. The summed E-state index contributed by atoms with van der Waals surface area (Å²) in [5.41, 5.74) is 0.818. The van der Waals surface area contributed by atoms with Crippen molar-refractivity contribution in [3.63, 3.8) is 0 Å². The first kappa shape index (κ1) is 18.4. The highest BCUT2D eigenvalue weighted by Crippen LogP contribution is 2.13. The van der Waals surface area contributed by atoms with Gasteiger partial charge in [0.2, 0.25) is 5.91 Å². The quantitative estimate of drug-likeness (QED) is 0.613. The van der Waals surface area contributed by atoms with Crippen molar-refractivity contribution in [1.82, 2.24) is 5.32 Å². The third kappa shape index (κ3) is 7.80. The van der Waals surface area contributed by atoms with Crippen LogP contribution in [0, 0.1) is 0 Å². The summed E-state index contributed by atoms with van der Waals surface area (Å²) in [5, 5.41) is 2.71. The third-order valence-corrected chi connectivity index (χ3v) is 2.68. The van der Waals surface area contributed by atoms with Gasteiger partial charge in [-0.25, -0.2) is 9.59 Å². The maximum atomic E-state index is 11.6. The van der Waals surface area contributed by atoms with Crippen LogP contribution in [0.2, 0.25) is 0 Å². The van der Waals surface area contributed by atoms with E-state index in [0.29, 0.717) is 0 Å². The van der Waals surface area contributed by atoms with E-state index in [1.807, 2.05) is 30.3 Å². The highest BCUT2D eigenvalue weighted by molar-refractivity contribution is 5.91. The number of esters is 2. The molecule has 0 aliphatic carbocycles. The average molecular weight is 319 g/mol. The van der Waals surface area contributed by atoms with Crippen molar-refractivity contribution in [2.45, 2.75) is 32.9 Å². The van der Waals surface area contributed by atoms with E-state index in [0.717, 1.165) is 17.7 Å². The number of rotatable bonds is 7. The predicted molar refractivity (Wildman–Crippen MR) is 84.3 cm³/mol. The monoisotopic (exact) mass is 319 g/mol. The van der Waals surface area contributed by atoms with Crippen molar-refractivity contribution in [2.24, 2.45) is 0 Å². The molecule has 0 aliphatic heterocycles. The first-order valence-corrected chi connectivity index (χ1v) is 7.26. The lowest BCUT2D eigenvalue weighted by Crippen LogP contribution is -2.30. The number of nitrogens with one attached hydrogen (secondary N) is 1. The highest BCUT2D eigenvalue weighted by Gasteiger charge is 2.14. The molecule has 1 aromatic carbocycles. The van der Waals surface area contributed by atoms with Crippen LogP contribution in [0.5, 0.6) is 0 Å². The minimum Gasteiger partial charge on any atom is -0.460 e. The van der Waals surface area contributed by atoms with Gasteiger partial charge in [0.25, 0.3) is 0 Å². The second-order valence-electron chi connectivity index (χ2n) is 5.11. The molecule has 0 unspecified atom stereocenters. The molecule has 1 N–H and O–H groups in total. The highest BCUT2D eigenvalue weighted by atomic mass is 16.5. The van der Waals surface area contributed by atoms with Gasteiger partial charge in [0.15, 0.2) is 0 Å². The van der Waals surface area contributed by atoms with Gasteiger partial charge in [0.1, 0.15) is 6.61 Å². The maximum Gasteiger partial charge on any atom is 0.331 e. The van der Waals surface area contributed by atoms with E-state index < -0.39 is 18.0 Å². The number of carbonyl (C=O) groups excluding carboxylic acids is 3. The molecule has 6 heteroatoms. The molecule has 0 fully saturated rings. The second kappa shape index (κ2) is 9.40. The van der Waals surface area contributed by atoms with Gasteiger partial charge >= 0.3 is 11.9 Å². The van der Waals surface area contributed by atoms with Crippen LogP contribution in [0.15, 0.2) is 42.5 Å². The first-order valence-electron chi connectivity index (χ1n) is 7.26. The SMILES string of the molecule is CC(=O)N[C@@H](COC(=O)/C=C/C(=O)OC(C)C)c1ccccc1. The van der Waals surface area contributed by atoms with E-state index in [2.05, 4.69) is 5.32 Å². The molecule has 1 atom stereocenters. The fourth-order valence-electron chi connectivity index (χ4n) is 1.77. The summed E-state index contributed by atoms with van der Waals surface area (Å²) in [7, 11) is 0. The largest absolute Gasteiger partial charge is 0.460 e. The minimum atomic E-state index is -0.683. The van der Waals surface area contributed by atoms with Crippen molar-refractivity contribution in [3.8, 4) is 0 Å². The molecule has 0 saturated heterocycles. The summed E-state index contributed by atoms with van der Waals surface area (Å²) >= 11 is 0. The van der Waals surface area contributed by atoms with Gasteiger partial charge in [0.05, 0.1) is 12.1 Å². The Bertz CT molecular complexity index is 566. The molecular formula is C17H21NO5. The molecule has 0 aromatic heterocycles. The van der Waals surface area contributed by atoms with Crippen molar-refractivity contribution in [2.75, 3.05) is 6.61 Å². The molecule has 0 heterocycles. The summed E-state index contributed by atoms with van der Waals surface area (Å²) in [6.07, 6.45) is 1.75. The average Bonchev–Trinajstić information content (AvgIpc) is 2.49.